The van der Waals surface area contributed by atoms with E-state index in [4.69, 9.17) is 5.11 Å². The van der Waals surface area contributed by atoms with E-state index < -0.39 is 0 Å². The Balaban J connectivity index is 2.89. The lowest BCUT2D eigenvalue weighted by molar-refractivity contribution is -0.112. The summed E-state index contributed by atoms with van der Waals surface area (Å²) in [4.78, 5) is 10.7. The molecule has 0 aliphatic rings. The van der Waals surface area contributed by atoms with E-state index in [1.807, 2.05) is 0 Å². The Morgan fingerprint density at radius 3 is 2.71 bits per heavy atom. The van der Waals surface area contributed by atoms with Gasteiger partial charge in [0.15, 0.2) is 5.78 Å². The Labute approximate surface area is 99.2 Å². The van der Waals surface area contributed by atoms with Gasteiger partial charge in [-0.1, -0.05) is 12.1 Å². The summed E-state index contributed by atoms with van der Waals surface area (Å²) in [6.45, 7) is 1.08. The molecular formula is C13H14O4. The number of hydrogen-bond acceptors (Lipinski definition) is 4. The first-order valence-electron chi connectivity index (χ1n) is 5.05. The van der Waals surface area contributed by atoms with Crippen molar-refractivity contribution in [2.24, 2.45) is 0 Å². The molecular weight excluding hydrogens is 220 g/mol. The molecule has 0 saturated carbocycles. The second-order valence-corrected chi connectivity index (χ2v) is 3.56. The van der Waals surface area contributed by atoms with Gasteiger partial charge in [-0.05, 0) is 30.7 Å². The van der Waals surface area contributed by atoms with Gasteiger partial charge in [-0.15, -0.1) is 0 Å². The lowest BCUT2D eigenvalue weighted by atomic mass is 10.1. The molecule has 0 heterocycles. The minimum Gasteiger partial charge on any atom is -0.508 e. The van der Waals surface area contributed by atoms with Gasteiger partial charge in [0.1, 0.15) is 11.5 Å². The lowest BCUT2D eigenvalue weighted by Crippen LogP contribution is -1.86. The van der Waals surface area contributed by atoms with Crippen molar-refractivity contribution in [3.63, 3.8) is 0 Å². The number of aliphatic hydroxyl groups excluding tert-OH is 2. The van der Waals surface area contributed by atoms with E-state index in [9.17, 15) is 15.0 Å². The zero-order chi connectivity index (χ0) is 12.8. The fraction of sp³-hybridized carbons (Fsp3) is 0.154. The zero-order valence-corrected chi connectivity index (χ0v) is 9.42. The number of allylic oxidation sites excluding steroid dienone is 2. The molecule has 90 valence electrons. The van der Waals surface area contributed by atoms with Crippen LogP contribution in [-0.4, -0.2) is 21.1 Å². The monoisotopic (exact) mass is 234 g/mol. The van der Waals surface area contributed by atoms with Crippen LogP contribution in [-0.2, 0) is 11.4 Å². The summed E-state index contributed by atoms with van der Waals surface area (Å²) >= 11 is 0. The van der Waals surface area contributed by atoms with Crippen LogP contribution in [0.25, 0.3) is 6.08 Å². The fourth-order valence-corrected chi connectivity index (χ4v) is 1.27. The van der Waals surface area contributed by atoms with Gasteiger partial charge in [0, 0.05) is 11.6 Å². The number of aromatic hydroxyl groups is 1. The average molecular weight is 234 g/mol. The average Bonchev–Trinajstić information content (AvgIpc) is 2.27. The highest BCUT2D eigenvalue weighted by Gasteiger charge is 1.99. The standard InChI is InChI=1S/C13H14O4/c1-9(15)6-12(16)4-2-10-3-5-13(17)11(7-10)8-14/h2-7,14,16-17H,8H2,1H3/b4-2+,12-6?. The Hall–Kier alpha value is -2.07. The molecule has 1 aromatic carbocycles. The van der Waals surface area contributed by atoms with Crippen molar-refractivity contribution in [3.05, 3.63) is 47.2 Å². The Bertz CT molecular complexity index is 472. The maximum atomic E-state index is 10.7. The van der Waals surface area contributed by atoms with Crippen LogP contribution in [0.4, 0.5) is 0 Å². The molecule has 0 aromatic heterocycles. The zero-order valence-electron chi connectivity index (χ0n) is 9.42. The van der Waals surface area contributed by atoms with Crippen molar-refractivity contribution < 1.29 is 20.1 Å². The maximum absolute atomic E-state index is 10.7. The number of aliphatic hydroxyl groups is 2. The number of carbonyl (C=O) groups excluding carboxylic acids is 1. The second-order valence-electron chi connectivity index (χ2n) is 3.56. The normalized spacial score (nSPS) is 12.0. The van der Waals surface area contributed by atoms with Crippen molar-refractivity contribution in [3.8, 4) is 5.75 Å². The summed E-state index contributed by atoms with van der Waals surface area (Å²) in [5.41, 5.74) is 1.11. The number of ketones is 1. The molecule has 3 N–H and O–H groups in total. The molecule has 0 unspecified atom stereocenters. The third-order valence-corrected chi connectivity index (χ3v) is 2.07. The van der Waals surface area contributed by atoms with Crippen LogP contribution < -0.4 is 0 Å². The number of benzene rings is 1. The quantitative estimate of drug-likeness (QED) is 0.422. The number of phenols is 1. The van der Waals surface area contributed by atoms with Crippen molar-refractivity contribution in [1.29, 1.82) is 0 Å². The third kappa shape index (κ3) is 4.12. The summed E-state index contributed by atoms with van der Waals surface area (Å²) in [5.74, 6) is -0.363. The van der Waals surface area contributed by atoms with Crippen LogP contribution >= 0.6 is 0 Å². The van der Waals surface area contributed by atoms with Crippen LogP contribution in [0.15, 0.2) is 36.1 Å². The van der Waals surface area contributed by atoms with Crippen LogP contribution in [0.2, 0.25) is 0 Å². The molecule has 0 atom stereocenters. The van der Waals surface area contributed by atoms with Crippen molar-refractivity contribution in [2.75, 3.05) is 0 Å². The Morgan fingerprint density at radius 1 is 1.41 bits per heavy atom. The molecule has 0 aliphatic heterocycles. The molecule has 0 amide bonds. The molecule has 0 aliphatic carbocycles. The molecule has 1 aromatic rings. The molecule has 17 heavy (non-hydrogen) atoms. The largest absolute Gasteiger partial charge is 0.508 e. The minimum absolute atomic E-state index is 0.0214. The van der Waals surface area contributed by atoms with Gasteiger partial charge in [-0.2, -0.15) is 0 Å². The van der Waals surface area contributed by atoms with Gasteiger partial charge in [-0.25, -0.2) is 0 Å². The second kappa shape index (κ2) is 5.86. The van der Waals surface area contributed by atoms with Gasteiger partial charge in [-0.3, -0.25) is 4.79 Å². The molecule has 1 rings (SSSR count). The summed E-state index contributed by atoms with van der Waals surface area (Å²) in [6, 6.07) is 4.68. The highest BCUT2D eigenvalue weighted by Crippen LogP contribution is 2.19. The smallest absolute Gasteiger partial charge is 0.156 e. The molecule has 0 saturated heterocycles. The van der Waals surface area contributed by atoms with Crippen LogP contribution in [0, 0.1) is 0 Å². The van der Waals surface area contributed by atoms with E-state index in [-0.39, 0.29) is 23.9 Å². The summed E-state index contributed by atoms with van der Waals surface area (Å²) < 4.78 is 0. The number of rotatable bonds is 4. The molecule has 0 fully saturated rings. The number of carbonyl (C=O) groups is 1. The molecule has 4 nitrogen and oxygen atoms in total. The van der Waals surface area contributed by atoms with E-state index in [2.05, 4.69) is 0 Å². The van der Waals surface area contributed by atoms with Gasteiger partial charge in [0.2, 0.25) is 0 Å². The van der Waals surface area contributed by atoms with Crippen LogP contribution in [0.1, 0.15) is 18.1 Å². The minimum atomic E-state index is -0.261. The lowest BCUT2D eigenvalue weighted by Gasteiger charge is -2.01. The topological polar surface area (TPSA) is 77.8 Å². The highest BCUT2D eigenvalue weighted by molar-refractivity contribution is 5.88. The van der Waals surface area contributed by atoms with E-state index in [0.29, 0.717) is 11.1 Å². The van der Waals surface area contributed by atoms with E-state index in [1.165, 1.54) is 19.1 Å². The summed E-state index contributed by atoms with van der Waals surface area (Å²) in [7, 11) is 0. The van der Waals surface area contributed by atoms with E-state index >= 15 is 0 Å². The molecule has 4 heteroatoms. The van der Waals surface area contributed by atoms with Gasteiger partial charge in [0.05, 0.1) is 6.61 Å². The highest BCUT2D eigenvalue weighted by atomic mass is 16.3. The van der Waals surface area contributed by atoms with E-state index in [1.54, 1.807) is 18.2 Å². The van der Waals surface area contributed by atoms with Crippen molar-refractivity contribution in [1.82, 2.24) is 0 Å². The molecule has 0 radical (unpaired) electrons. The SMILES string of the molecule is CC(=O)C=C(O)/C=C/c1ccc(O)c(CO)c1. The van der Waals surface area contributed by atoms with Crippen LogP contribution in [0.5, 0.6) is 5.75 Å². The maximum Gasteiger partial charge on any atom is 0.156 e. The van der Waals surface area contributed by atoms with Crippen molar-refractivity contribution in [2.45, 2.75) is 13.5 Å². The first-order valence-corrected chi connectivity index (χ1v) is 5.05. The Kier molecular flexibility index (Phi) is 4.48. The van der Waals surface area contributed by atoms with Crippen molar-refractivity contribution >= 4 is 11.9 Å². The van der Waals surface area contributed by atoms with Gasteiger partial charge in [0.25, 0.3) is 0 Å². The fourth-order valence-electron chi connectivity index (χ4n) is 1.27. The first kappa shape index (κ1) is 13.0. The number of hydrogen-bond donors (Lipinski definition) is 3. The first-order chi connectivity index (χ1) is 8.02. The van der Waals surface area contributed by atoms with E-state index in [0.717, 1.165) is 6.08 Å². The Morgan fingerprint density at radius 2 is 2.12 bits per heavy atom. The van der Waals surface area contributed by atoms with Gasteiger partial charge >= 0.3 is 0 Å². The molecule has 0 spiro atoms. The van der Waals surface area contributed by atoms with Crippen LogP contribution in [0.3, 0.4) is 0 Å². The summed E-state index contributed by atoms with van der Waals surface area (Å²) in [6.07, 6.45) is 4.05. The van der Waals surface area contributed by atoms with Gasteiger partial charge < -0.3 is 15.3 Å². The predicted octanol–water partition coefficient (Wildman–Crippen LogP) is 1.93. The molecule has 0 bridgehead atoms. The summed E-state index contributed by atoms with van der Waals surface area (Å²) in [5, 5.41) is 27.6. The predicted molar refractivity (Wildman–Crippen MR) is 64.5 cm³/mol. The third-order valence-electron chi connectivity index (χ3n) is 2.07.